The molecule has 0 spiro atoms. The number of nitrogens with one attached hydrogen (secondary N) is 2. The number of nitrogens with zero attached hydrogens (tertiary/aromatic N) is 2. The minimum atomic E-state index is -0.292. The highest BCUT2D eigenvalue weighted by Gasteiger charge is 2.19. The molecular weight excluding hydrogens is 232 g/mol. The summed E-state index contributed by atoms with van der Waals surface area (Å²) in [6.45, 7) is 4.20. The van der Waals surface area contributed by atoms with Crippen LogP contribution in [0, 0.1) is 6.92 Å². The fourth-order valence-corrected chi connectivity index (χ4v) is 2.18. The van der Waals surface area contributed by atoms with Crippen LogP contribution in [0.15, 0.2) is 6.33 Å². The standard InChI is InChI=1S/C12H20N4O2/c1-9-11(15-8-14-9)5-13-12(18)7-16-4-2-3-10(17)6-16/h8,10,17H,2-7H2,1H3,(H,13,18)(H,14,15). The van der Waals surface area contributed by atoms with Crippen LogP contribution >= 0.6 is 0 Å². The molecule has 2 heterocycles. The van der Waals surface area contributed by atoms with Crippen molar-refractivity contribution in [2.75, 3.05) is 19.6 Å². The maximum atomic E-state index is 11.8. The minimum Gasteiger partial charge on any atom is -0.392 e. The van der Waals surface area contributed by atoms with Crippen molar-refractivity contribution in [3.8, 4) is 0 Å². The molecule has 1 atom stereocenters. The number of amides is 1. The number of imidazole rings is 1. The number of aryl methyl sites for hydroxylation is 1. The fraction of sp³-hybridized carbons (Fsp3) is 0.667. The number of carbonyl (C=O) groups is 1. The first-order chi connectivity index (χ1) is 8.65. The van der Waals surface area contributed by atoms with Gasteiger partial charge >= 0.3 is 0 Å². The number of carbonyl (C=O) groups excluding carboxylic acids is 1. The molecule has 1 aromatic rings. The maximum absolute atomic E-state index is 11.8. The SMILES string of the molecule is Cc1[nH]cnc1CNC(=O)CN1CCCC(O)C1. The first-order valence-corrected chi connectivity index (χ1v) is 6.31. The van der Waals surface area contributed by atoms with E-state index in [-0.39, 0.29) is 12.0 Å². The highest BCUT2D eigenvalue weighted by molar-refractivity contribution is 5.78. The van der Waals surface area contributed by atoms with Gasteiger partial charge in [-0.25, -0.2) is 4.98 Å². The number of hydrogen-bond acceptors (Lipinski definition) is 4. The molecule has 0 bridgehead atoms. The smallest absolute Gasteiger partial charge is 0.234 e. The second-order valence-corrected chi connectivity index (χ2v) is 4.78. The predicted molar refractivity (Wildman–Crippen MR) is 66.9 cm³/mol. The zero-order chi connectivity index (χ0) is 13.0. The zero-order valence-electron chi connectivity index (χ0n) is 10.6. The zero-order valence-corrected chi connectivity index (χ0v) is 10.6. The summed E-state index contributed by atoms with van der Waals surface area (Å²) in [6.07, 6.45) is 3.12. The van der Waals surface area contributed by atoms with Crippen molar-refractivity contribution in [2.24, 2.45) is 0 Å². The van der Waals surface area contributed by atoms with Gasteiger partial charge in [-0.1, -0.05) is 0 Å². The van der Waals surface area contributed by atoms with Crippen LogP contribution in [0.1, 0.15) is 24.2 Å². The molecular formula is C12H20N4O2. The van der Waals surface area contributed by atoms with Crippen molar-refractivity contribution in [1.82, 2.24) is 20.2 Å². The number of H-pyrrole nitrogens is 1. The Bertz CT molecular complexity index is 405. The van der Waals surface area contributed by atoms with E-state index in [0.717, 1.165) is 30.8 Å². The topological polar surface area (TPSA) is 81.2 Å². The average molecular weight is 252 g/mol. The number of piperidine rings is 1. The van der Waals surface area contributed by atoms with Crippen LogP contribution in [0.5, 0.6) is 0 Å². The quantitative estimate of drug-likeness (QED) is 0.692. The van der Waals surface area contributed by atoms with E-state index in [1.165, 1.54) is 0 Å². The van der Waals surface area contributed by atoms with Gasteiger partial charge in [0.1, 0.15) is 0 Å². The molecule has 0 aromatic carbocycles. The van der Waals surface area contributed by atoms with Crippen molar-refractivity contribution in [1.29, 1.82) is 0 Å². The number of aromatic amines is 1. The summed E-state index contributed by atoms with van der Waals surface area (Å²) in [5.41, 5.74) is 1.84. The Balaban J connectivity index is 1.73. The van der Waals surface area contributed by atoms with Gasteiger partial charge in [-0.05, 0) is 26.3 Å². The second kappa shape index (κ2) is 5.97. The van der Waals surface area contributed by atoms with Gasteiger partial charge in [-0.2, -0.15) is 0 Å². The Morgan fingerprint density at radius 1 is 1.72 bits per heavy atom. The largest absolute Gasteiger partial charge is 0.392 e. The highest BCUT2D eigenvalue weighted by atomic mass is 16.3. The van der Waals surface area contributed by atoms with Crippen molar-refractivity contribution in [2.45, 2.75) is 32.4 Å². The van der Waals surface area contributed by atoms with E-state index < -0.39 is 0 Å². The molecule has 1 aliphatic heterocycles. The van der Waals surface area contributed by atoms with Crippen LogP contribution in [0.4, 0.5) is 0 Å². The Hall–Kier alpha value is -1.40. The van der Waals surface area contributed by atoms with Gasteiger partial charge in [0.05, 0.1) is 31.2 Å². The lowest BCUT2D eigenvalue weighted by molar-refractivity contribution is -0.123. The Labute approximate surface area is 106 Å². The number of aliphatic hydroxyl groups is 1. The normalized spacial score (nSPS) is 20.9. The molecule has 2 rings (SSSR count). The van der Waals surface area contributed by atoms with Gasteiger partial charge in [0.15, 0.2) is 0 Å². The molecule has 1 aromatic heterocycles. The molecule has 6 heteroatoms. The number of hydrogen-bond donors (Lipinski definition) is 3. The van der Waals surface area contributed by atoms with E-state index in [2.05, 4.69) is 15.3 Å². The molecule has 1 saturated heterocycles. The number of aromatic nitrogens is 2. The lowest BCUT2D eigenvalue weighted by Gasteiger charge is -2.29. The lowest BCUT2D eigenvalue weighted by atomic mass is 10.1. The van der Waals surface area contributed by atoms with Crippen molar-refractivity contribution < 1.29 is 9.90 Å². The first-order valence-electron chi connectivity index (χ1n) is 6.31. The van der Waals surface area contributed by atoms with Gasteiger partial charge in [0, 0.05) is 12.2 Å². The van der Waals surface area contributed by atoms with E-state index >= 15 is 0 Å². The first kappa shape index (κ1) is 13.0. The number of β-amino-alcohol motifs (C(OH)–C–C–N with tert-alkyl or cyclic N) is 1. The van der Waals surface area contributed by atoms with E-state index in [4.69, 9.17) is 0 Å². The van der Waals surface area contributed by atoms with Gasteiger partial charge in [0.25, 0.3) is 0 Å². The van der Waals surface area contributed by atoms with E-state index in [1.54, 1.807) is 6.33 Å². The third-order valence-corrected chi connectivity index (χ3v) is 3.24. The van der Waals surface area contributed by atoms with Gasteiger partial charge in [0.2, 0.25) is 5.91 Å². The highest BCUT2D eigenvalue weighted by Crippen LogP contribution is 2.09. The fourth-order valence-electron chi connectivity index (χ4n) is 2.18. The van der Waals surface area contributed by atoms with Gasteiger partial charge in [-0.15, -0.1) is 0 Å². The summed E-state index contributed by atoms with van der Waals surface area (Å²) in [5.74, 6) is -0.0218. The molecule has 6 nitrogen and oxygen atoms in total. The summed E-state index contributed by atoms with van der Waals surface area (Å²) in [7, 11) is 0. The monoisotopic (exact) mass is 252 g/mol. The molecule has 3 N–H and O–H groups in total. The summed E-state index contributed by atoms with van der Waals surface area (Å²) in [5, 5.41) is 12.4. The van der Waals surface area contributed by atoms with E-state index in [1.807, 2.05) is 11.8 Å². The number of aliphatic hydroxyl groups excluding tert-OH is 1. The molecule has 100 valence electrons. The van der Waals surface area contributed by atoms with E-state index in [9.17, 15) is 9.90 Å². The van der Waals surface area contributed by atoms with Crippen molar-refractivity contribution in [3.05, 3.63) is 17.7 Å². The van der Waals surface area contributed by atoms with Crippen LogP contribution in [-0.4, -0.2) is 51.6 Å². The van der Waals surface area contributed by atoms with E-state index in [0.29, 0.717) is 19.6 Å². The van der Waals surface area contributed by atoms with Crippen molar-refractivity contribution in [3.63, 3.8) is 0 Å². The van der Waals surface area contributed by atoms with Crippen molar-refractivity contribution >= 4 is 5.91 Å². The van der Waals surface area contributed by atoms with Gasteiger partial charge < -0.3 is 15.4 Å². The number of likely N-dealkylation sites (tertiary alicyclic amines) is 1. The summed E-state index contributed by atoms with van der Waals surface area (Å²) in [4.78, 5) is 20.8. The molecule has 0 aliphatic carbocycles. The van der Waals surface area contributed by atoms with Crippen LogP contribution in [0.3, 0.4) is 0 Å². The van der Waals surface area contributed by atoms with Crippen LogP contribution in [0.25, 0.3) is 0 Å². The summed E-state index contributed by atoms with van der Waals surface area (Å²) in [6, 6.07) is 0. The predicted octanol–water partition coefficient (Wildman–Crippen LogP) is -0.209. The third kappa shape index (κ3) is 3.54. The van der Waals surface area contributed by atoms with Crippen LogP contribution in [-0.2, 0) is 11.3 Å². The molecule has 0 saturated carbocycles. The Morgan fingerprint density at radius 3 is 3.22 bits per heavy atom. The molecule has 18 heavy (non-hydrogen) atoms. The Kier molecular flexibility index (Phi) is 4.33. The lowest BCUT2D eigenvalue weighted by Crippen LogP contribution is -2.44. The maximum Gasteiger partial charge on any atom is 0.234 e. The Morgan fingerprint density at radius 2 is 2.56 bits per heavy atom. The number of rotatable bonds is 4. The van der Waals surface area contributed by atoms with Crippen LogP contribution in [0.2, 0.25) is 0 Å². The summed E-state index contributed by atoms with van der Waals surface area (Å²) >= 11 is 0. The van der Waals surface area contributed by atoms with Gasteiger partial charge in [-0.3, -0.25) is 9.69 Å². The van der Waals surface area contributed by atoms with Crippen LogP contribution < -0.4 is 5.32 Å². The minimum absolute atomic E-state index is 0.0218. The summed E-state index contributed by atoms with van der Waals surface area (Å²) < 4.78 is 0. The molecule has 1 aliphatic rings. The average Bonchev–Trinajstić information content (AvgIpc) is 2.72. The molecule has 1 fully saturated rings. The molecule has 0 radical (unpaired) electrons. The second-order valence-electron chi connectivity index (χ2n) is 4.78. The third-order valence-electron chi connectivity index (χ3n) is 3.24. The molecule has 1 unspecified atom stereocenters. The molecule has 1 amide bonds.